The molecule has 2 heteroatoms. The average molecular weight is 236 g/mol. The van der Waals surface area contributed by atoms with Crippen LogP contribution in [0.3, 0.4) is 0 Å². The first-order valence-electron chi connectivity index (χ1n) is 7.63. The van der Waals surface area contributed by atoms with Crippen molar-refractivity contribution in [3.63, 3.8) is 0 Å². The lowest BCUT2D eigenvalue weighted by Gasteiger charge is -2.61. The lowest BCUT2D eigenvalue weighted by molar-refractivity contribution is -0.0990. The van der Waals surface area contributed by atoms with Crippen molar-refractivity contribution in [1.29, 1.82) is 0 Å². The Morgan fingerprint density at radius 3 is 1.94 bits per heavy atom. The molecule has 0 spiro atoms. The molecule has 2 nitrogen and oxygen atoms in total. The third-order valence-electron chi connectivity index (χ3n) is 5.83. The fourth-order valence-corrected chi connectivity index (χ4v) is 5.66. The van der Waals surface area contributed by atoms with Crippen LogP contribution in [-0.2, 0) is 0 Å². The molecule has 0 radical (unpaired) electrons. The molecule has 1 atom stereocenters. The van der Waals surface area contributed by atoms with Crippen LogP contribution in [0.4, 0.5) is 0 Å². The zero-order chi connectivity index (χ0) is 12.0. The molecule has 0 aromatic heterocycles. The van der Waals surface area contributed by atoms with E-state index in [0.717, 1.165) is 24.3 Å². The largest absolute Gasteiger partial charge is 0.329 e. The molecule has 4 saturated carbocycles. The maximum Gasteiger partial charge on any atom is 0.0220 e. The van der Waals surface area contributed by atoms with Crippen molar-refractivity contribution >= 4 is 0 Å². The quantitative estimate of drug-likeness (QED) is 0.813. The van der Waals surface area contributed by atoms with Crippen molar-refractivity contribution < 1.29 is 0 Å². The minimum Gasteiger partial charge on any atom is -0.329 e. The summed E-state index contributed by atoms with van der Waals surface area (Å²) in [7, 11) is 0. The van der Waals surface area contributed by atoms with Crippen LogP contribution in [0.25, 0.3) is 0 Å². The Morgan fingerprint density at radius 2 is 1.59 bits per heavy atom. The van der Waals surface area contributed by atoms with Gasteiger partial charge in [0.05, 0.1) is 0 Å². The Balaban J connectivity index is 1.85. The fraction of sp³-hybridized carbons (Fsp3) is 1.00. The first-order chi connectivity index (χ1) is 8.16. The molecule has 2 N–H and O–H groups in total. The summed E-state index contributed by atoms with van der Waals surface area (Å²) in [5, 5.41) is 0. The summed E-state index contributed by atoms with van der Waals surface area (Å²) in [6, 6.07) is 0.566. The van der Waals surface area contributed by atoms with Gasteiger partial charge in [0, 0.05) is 18.1 Å². The molecule has 98 valence electrons. The second-order valence-electron chi connectivity index (χ2n) is 7.01. The van der Waals surface area contributed by atoms with Gasteiger partial charge in [0.25, 0.3) is 0 Å². The van der Waals surface area contributed by atoms with Gasteiger partial charge in [-0.3, -0.25) is 4.90 Å². The van der Waals surface area contributed by atoms with E-state index in [1.54, 1.807) is 0 Å². The number of hydrogen-bond donors (Lipinski definition) is 1. The van der Waals surface area contributed by atoms with E-state index >= 15 is 0 Å². The van der Waals surface area contributed by atoms with Crippen molar-refractivity contribution in [2.45, 2.75) is 64.0 Å². The molecule has 0 heterocycles. The molecule has 0 amide bonds. The van der Waals surface area contributed by atoms with Gasteiger partial charge >= 0.3 is 0 Å². The van der Waals surface area contributed by atoms with Crippen LogP contribution in [0.5, 0.6) is 0 Å². The molecular weight excluding hydrogens is 208 g/mol. The van der Waals surface area contributed by atoms with Crippen molar-refractivity contribution in [3.05, 3.63) is 0 Å². The van der Waals surface area contributed by atoms with Crippen molar-refractivity contribution in [2.24, 2.45) is 23.5 Å². The molecule has 17 heavy (non-hydrogen) atoms. The molecule has 1 unspecified atom stereocenters. The Morgan fingerprint density at radius 1 is 1.12 bits per heavy atom. The number of nitrogens with two attached hydrogens (primary N) is 1. The van der Waals surface area contributed by atoms with E-state index in [0.29, 0.717) is 11.6 Å². The third-order valence-corrected chi connectivity index (χ3v) is 5.83. The zero-order valence-electron chi connectivity index (χ0n) is 11.5. The van der Waals surface area contributed by atoms with Gasteiger partial charge in [-0.25, -0.2) is 0 Å². The van der Waals surface area contributed by atoms with Gasteiger partial charge in [-0.15, -0.1) is 0 Å². The number of rotatable bonds is 4. The minimum absolute atomic E-state index is 0.544. The summed E-state index contributed by atoms with van der Waals surface area (Å²) in [6.07, 6.45) is 9.01. The van der Waals surface area contributed by atoms with Gasteiger partial charge in [0.1, 0.15) is 0 Å². The summed E-state index contributed by atoms with van der Waals surface area (Å²) in [5.74, 6) is 3.13. The van der Waals surface area contributed by atoms with Crippen LogP contribution < -0.4 is 5.73 Å². The number of nitrogens with zero attached hydrogens (tertiary/aromatic N) is 1. The number of likely N-dealkylation sites (N-methyl/N-ethyl adjacent to an activating group) is 1. The van der Waals surface area contributed by atoms with Gasteiger partial charge in [0.15, 0.2) is 0 Å². The van der Waals surface area contributed by atoms with Crippen molar-refractivity contribution in [2.75, 3.05) is 13.1 Å². The summed E-state index contributed by atoms with van der Waals surface area (Å²) < 4.78 is 0. The molecule has 4 fully saturated rings. The van der Waals surface area contributed by atoms with Crippen LogP contribution in [0.2, 0.25) is 0 Å². The van der Waals surface area contributed by atoms with Gasteiger partial charge < -0.3 is 5.73 Å². The van der Waals surface area contributed by atoms with Crippen LogP contribution in [0.15, 0.2) is 0 Å². The van der Waals surface area contributed by atoms with E-state index in [4.69, 9.17) is 5.73 Å². The predicted octanol–water partition coefficient (Wildman–Crippen LogP) is 2.62. The van der Waals surface area contributed by atoms with E-state index in [2.05, 4.69) is 18.7 Å². The third kappa shape index (κ3) is 1.84. The fourth-order valence-electron chi connectivity index (χ4n) is 5.66. The Hall–Kier alpha value is -0.0800. The number of hydrogen-bond acceptors (Lipinski definition) is 2. The molecule has 4 aliphatic carbocycles. The molecule has 0 aliphatic heterocycles. The molecule has 0 aromatic carbocycles. The Kier molecular flexibility index (Phi) is 2.99. The highest BCUT2D eigenvalue weighted by atomic mass is 15.2. The van der Waals surface area contributed by atoms with Crippen molar-refractivity contribution in [1.82, 2.24) is 4.90 Å². The summed E-state index contributed by atoms with van der Waals surface area (Å²) >= 11 is 0. The average Bonchev–Trinajstić information content (AvgIpc) is 2.27. The SMILES string of the molecule is CCN(C(C)CN)C12CC3CC(CC(C3)C1)C2. The standard InChI is InChI=1S/C15H28N2/c1-3-17(11(2)10-16)15-7-12-4-13(8-15)6-14(5-12)9-15/h11-14H,3-10,16H2,1-2H3. The summed E-state index contributed by atoms with van der Waals surface area (Å²) in [6.45, 7) is 6.65. The lowest BCUT2D eigenvalue weighted by atomic mass is 9.52. The molecule has 0 aromatic rings. The van der Waals surface area contributed by atoms with E-state index < -0.39 is 0 Å². The summed E-state index contributed by atoms with van der Waals surface area (Å²) in [5.41, 5.74) is 6.47. The van der Waals surface area contributed by atoms with E-state index in [1.165, 1.54) is 45.1 Å². The van der Waals surface area contributed by atoms with Crippen LogP contribution >= 0.6 is 0 Å². The van der Waals surface area contributed by atoms with E-state index in [-0.39, 0.29) is 0 Å². The minimum atomic E-state index is 0.544. The molecular formula is C15H28N2. The highest BCUT2D eigenvalue weighted by Crippen LogP contribution is 2.58. The van der Waals surface area contributed by atoms with Gasteiger partial charge in [0.2, 0.25) is 0 Å². The van der Waals surface area contributed by atoms with Crippen LogP contribution in [-0.4, -0.2) is 29.6 Å². The lowest BCUT2D eigenvalue weighted by Crippen LogP contribution is -2.62. The first kappa shape index (κ1) is 12.0. The highest BCUT2D eigenvalue weighted by Gasteiger charge is 2.53. The van der Waals surface area contributed by atoms with E-state index in [1.807, 2.05) is 0 Å². The Labute approximate surface area is 106 Å². The van der Waals surface area contributed by atoms with E-state index in [9.17, 15) is 0 Å². The second kappa shape index (κ2) is 4.24. The van der Waals surface area contributed by atoms with Gasteiger partial charge in [-0.05, 0) is 69.7 Å². The normalized spacial score (nSPS) is 45.5. The Bertz CT molecular complexity index is 251. The van der Waals surface area contributed by atoms with Crippen molar-refractivity contribution in [3.8, 4) is 0 Å². The maximum atomic E-state index is 5.93. The molecule has 4 bridgehead atoms. The second-order valence-corrected chi connectivity index (χ2v) is 7.01. The molecule has 4 aliphatic rings. The molecule has 0 saturated heterocycles. The van der Waals surface area contributed by atoms with Crippen LogP contribution in [0.1, 0.15) is 52.4 Å². The maximum absolute atomic E-state index is 5.93. The topological polar surface area (TPSA) is 29.3 Å². The monoisotopic (exact) mass is 236 g/mol. The first-order valence-corrected chi connectivity index (χ1v) is 7.63. The highest BCUT2D eigenvalue weighted by molar-refractivity contribution is 5.08. The smallest absolute Gasteiger partial charge is 0.0220 e. The van der Waals surface area contributed by atoms with Crippen LogP contribution in [0, 0.1) is 17.8 Å². The van der Waals surface area contributed by atoms with Gasteiger partial charge in [-0.2, -0.15) is 0 Å². The van der Waals surface area contributed by atoms with Gasteiger partial charge in [-0.1, -0.05) is 6.92 Å². The predicted molar refractivity (Wildman–Crippen MR) is 71.8 cm³/mol. The summed E-state index contributed by atoms with van der Waals surface area (Å²) in [4.78, 5) is 2.76. The molecule has 4 rings (SSSR count). The zero-order valence-corrected chi connectivity index (χ0v) is 11.5.